The number of nitrogens with one attached hydrogen (secondary N) is 2. The van der Waals surface area contributed by atoms with Crippen molar-refractivity contribution in [2.75, 3.05) is 4.72 Å². The second-order valence-corrected chi connectivity index (χ2v) is 6.39. The lowest BCUT2D eigenvalue weighted by Crippen LogP contribution is -2.13. The molecule has 2 aromatic heterocycles. The SMILES string of the molecule is Cc1ncc(S(=O)(=O)Nc2ncc(C=CC(=O)O)s2)[nH]1. The topological polar surface area (TPSA) is 125 Å². The molecule has 3 N–H and O–H groups in total. The van der Waals surface area contributed by atoms with Gasteiger partial charge in [0.15, 0.2) is 10.2 Å². The first-order valence-electron chi connectivity index (χ1n) is 5.28. The van der Waals surface area contributed by atoms with Crippen LogP contribution in [0.3, 0.4) is 0 Å². The number of hydrogen-bond donors (Lipinski definition) is 3. The van der Waals surface area contributed by atoms with Gasteiger partial charge < -0.3 is 10.1 Å². The number of aryl methyl sites for hydroxylation is 1. The van der Waals surface area contributed by atoms with Gasteiger partial charge in [-0.2, -0.15) is 8.42 Å². The lowest BCUT2D eigenvalue weighted by Gasteiger charge is -2.01. The second-order valence-electron chi connectivity index (χ2n) is 3.68. The fourth-order valence-corrected chi connectivity index (χ4v) is 3.20. The van der Waals surface area contributed by atoms with Gasteiger partial charge in [-0.05, 0) is 13.0 Å². The number of H-pyrrole nitrogens is 1. The third kappa shape index (κ3) is 3.42. The first-order valence-corrected chi connectivity index (χ1v) is 7.58. The van der Waals surface area contributed by atoms with E-state index in [0.29, 0.717) is 10.7 Å². The molecular weight excluding hydrogens is 304 g/mol. The van der Waals surface area contributed by atoms with Gasteiger partial charge in [-0.15, -0.1) is 0 Å². The summed E-state index contributed by atoms with van der Waals surface area (Å²) >= 11 is 1.02. The fraction of sp³-hybridized carbons (Fsp3) is 0.100. The van der Waals surface area contributed by atoms with Gasteiger partial charge in [0, 0.05) is 17.2 Å². The molecule has 20 heavy (non-hydrogen) atoms. The molecule has 2 rings (SSSR count). The van der Waals surface area contributed by atoms with Crippen LogP contribution in [0.1, 0.15) is 10.7 Å². The Kier molecular flexibility index (Phi) is 3.86. The summed E-state index contributed by atoms with van der Waals surface area (Å²) in [6.07, 6.45) is 4.86. The number of carboxylic acid groups (broad SMARTS) is 1. The number of aromatic nitrogens is 3. The number of sulfonamides is 1. The van der Waals surface area contributed by atoms with Crippen LogP contribution in [0.25, 0.3) is 6.08 Å². The van der Waals surface area contributed by atoms with E-state index in [9.17, 15) is 13.2 Å². The Balaban J connectivity index is 2.16. The van der Waals surface area contributed by atoms with Crippen molar-refractivity contribution < 1.29 is 18.3 Å². The van der Waals surface area contributed by atoms with Crippen LogP contribution in [-0.2, 0) is 14.8 Å². The minimum atomic E-state index is -3.77. The van der Waals surface area contributed by atoms with E-state index in [4.69, 9.17) is 5.11 Å². The standard InChI is InChI=1S/C10H10N4O4S2/c1-6-11-5-8(13-6)20(17,18)14-10-12-4-7(19-10)2-3-9(15)16/h2-5H,1H3,(H,11,13)(H,12,14)(H,15,16). The number of carboxylic acids is 1. The minimum Gasteiger partial charge on any atom is -0.478 e. The van der Waals surface area contributed by atoms with E-state index >= 15 is 0 Å². The second kappa shape index (κ2) is 5.43. The number of hydrogen-bond acceptors (Lipinski definition) is 6. The van der Waals surface area contributed by atoms with E-state index in [1.54, 1.807) is 6.92 Å². The third-order valence-corrected chi connectivity index (χ3v) is 4.36. The van der Waals surface area contributed by atoms with Crippen LogP contribution >= 0.6 is 11.3 Å². The van der Waals surface area contributed by atoms with Crippen molar-refractivity contribution in [3.8, 4) is 0 Å². The highest BCUT2D eigenvalue weighted by Crippen LogP contribution is 2.22. The van der Waals surface area contributed by atoms with Crippen LogP contribution in [0.5, 0.6) is 0 Å². The van der Waals surface area contributed by atoms with Crippen molar-refractivity contribution in [1.29, 1.82) is 0 Å². The average Bonchev–Trinajstić information content (AvgIpc) is 2.95. The maximum absolute atomic E-state index is 12.0. The predicted octanol–water partition coefficient (Wildman–Crippen LogP) is 1.07. The molecule has 0 aliphatic rings. The van der Waals surface area contributed by atoms with Crippen LogP contribution in [0.2, 0.25) is 0 Å². The van der Waals surface area contributed by atoms with E-state index in [1.165, 1.54) is 18.5 Å². The Morgan fingerprint density at radius 1 is 1.45 bits per heavy atom. The highest BCUT2D eigenvalue weighted by atomic mass is 32.2. The van der Waals surface area contributed by atoms with Gasteiger partial charge >= 0.3 is 5.97 Å². The molecule has 0 bridgehead atoms. The number of anilines is 1. The Labute approximate surface area is 118 Å². The summed E-state index contributed by atoms with van der Waals surface area (Å²) in [4.78, 5) is 21.2. The van der Waals surface area contributed by atoms with Gasteiger partial charge in [0.25, 0.3) is 10.0 Å². The van der Waals surface area contributed by atoms with Crippen LogP contribution < -0.4 is 4.72 Å². The fourth-order valence-electron chi connectivity index (χ4n) is 1.27. The molecular formula is C10H10N4O4S2. The molecule has 2 aromatic rings. The number of thiazole rings is 1. The highest BCUT2D eigenvalue weighted by molar-refractivity contribution is 7.92. The van der Waals surface area contributed by atoms with Gasteiger partial charge in [0.05, 0.1) is 6.20 Å². The number of rotatable bonds is 5. The predicted molar refractivity (Wildman–Crippen MR) is 72.9 cm³/mol. The number of aliphatic carboxylic acids is 1. The van der Waals surface area contributed by atoms with E-state index in [1.807, 2.05) is 0 Å². The van der Waals surface area contributed by atoms with Crippen molar-refractivity contribution in [1.82, 2.24) is 15.0 Å². The number of aromatic amines is 1. The zero-order valence-electron chi connectivity index (χ0n) is 10.2. The monoisotopic (exact) mass is 314 g/mol. The summed E-state index contributed by atoms with van der Waals surface area (Å²) in [5, 5.41) is 8.57. The van der Waals surface area contributed by atoms with Gasteiger partial charge in [-0.3, -0.25) is 4.72 Å². The summed E-state index contributed by atoms with van der Waals surface area (Å²) in [5.74, 6) is -0.608. The van der Waals surface area contributed by atoms with Gasteiger partial charge in [-0.25, -0.2) is 14.8 Å². The summed E-state index contributed by atoms with van der Waals surface area (Å²) in [5.41, 5.74) is 0. The van der Waals surface area contributed by atoms with E-state index < -0.39 is 16.0 Å². The van der Waals surface area contributed by atoms with Crippen molar-refractivity contribution in [2.24, 2.45) is 0 Å². The van der Waals surface area contributed by atoms with E-state index in [2.05, 4.69) is 19.7 Å². The largest absolute Gasteiger partial charge is 0.478 e. The molecule has 0 saturated heterocycles. The van der Waals surface area contributed by atoms with Gasteiger partial charge in [0.1, 0.15) is 5.82 Å². The van der Waals surface area contributed by atoms with E-state index in [0.717, 1.165) is 17.4 Å². The van der Waals surface area contributed by atoms with Crippen LogP contribution in [0, 0.1) is 6.92 Å². The van der Waals surface area contributed by atoms with Crippen LogP contribution in [0.4, 0.5) is 5.13 Å². The molecule has 8 nitrogen and oxygen atoms in total. The van der Waals surface area contributed by atoms with Gasteiger partial charge in [0.2, 0.25) is 0 Å². The Bertz CT molecular complexity index is 760. The van der Waals surface area contributed by atoms with Crippen molar-refractivity contribution in [2.45, 2.75) is 11.9 Å². The normalized spacial score (nSPS) is 11.8. The molecule has 0 atom stereocenters. The maximum Gasteiger partial charge on any atom is 0.328 e. The zero-order chi connectivity index (χ0) is 14.8. The Morgan fingerprint density at radius 2 is 2.20 bits per heavy atom. The molecule has 0 radical (unpaired) electrons. The van der Waals surface area contributed by atoms with Crippen molar-refractivity contribution in [3.63, 3.8) is 0 Å². The lowest BCUT2D eigenvalue weighted by atomic mass is 10.4. The lowest BCUT2D eigenvalue weighted by molar-refractivity contribution is -0.131. The molecule has 0 saturated carbocycles. The minimum absolute atomic E-state index is 0.0622. The van der Waals surface area contributed by atoms with Crippen molar-refractivity contribution in [3.05, 3.63) is 29.2 Å². The smallest absolute Gasteiger partial charge is 0.328 e. The third-order valence-electron chi connectivity index (χ3n) is 2.10. The molecule has 0 amide bonds. The first kappa shape index (κ1) is 14.2. The Morgan fingerprint density at radius 3 is 2.80 bits per heavy atom. The molecule has 2 heterocycles. The summed E-state index contributed by atoms with van der Waals surface area (Å²) in [6.45, 7) is 1.64. The van der Waals surface area contributed by atoms with Crippen molar-refractivity contribution >= 4 is 38.5 Å². The molecule has 106 valence electrons. The summed E-state index contributed by atoms with van der Waals surface area (Å²) in [6, 6.07) is 0. The highest BCUT2D eigenvalue weighted by Gasteiger charge is 2.18. The summed E-state index contributed by atoms with van der Waals surface area (Å²) < 4.78 is 26.2. The zero-order valence-corrected chi connectivity index (χ0v) is 11.8. The van der Waals surface area contributed by atoms with E-state index in [-0.39, 0.29) is 10.2 Å². The molecule has 0 aromatic carbocycles. The molecule has 0 aliphatic heterocycles. The van der Waals surface area contributed by atoms with Gasteiger partial charge in [-0.1, -0.05) is 11.3 Å². The first-order chi connectivity index (χ1) is 9.37. The number of imidazole rings is 1. The average molecular weight is 314 g/mol. The molecule has 0 fully saturated rings. The molecule has 0 aliphatic carbocycles. The van der Waals surface area contributed by atoms with Crippen LogP contribution in [-0.4, -0.2) is 34.4 Å². The molecule has 0 spiro atoms. The quantitative estimate of drug-likeness (QED) is 0.709. The Hall–Kier alpha value is -2.20. The number of nitrogens with zero attached hydrogens (tertiary/aromatic N) is 2. The summed E-state index contributed by atoms with van der Waals surface area (Å²) in [7, 11) is -3.77. The maximum atomic E-state index is 12.0. The van der Waals surface area contributed by atoms with Crippen LogP contribution in [0.15, 0.2) is 23.5 Å². The molecule has 10 heteroatoms. The number of carbonyl (C=O) groups is 1. The molecule has 0 unspecified atom stereocenters.